The molecule has 0 aliphatic carbocycles. The molecule has 1 aromatic heterocycles. The van der Waals surface area contributed by atoms with Crippen LogP contribution in [0.15, 0.2) is 12.1 Å². The maximum absolute atomic E-state index is 12.9. The van der Waals surface area contributed by atoms with E-state index in [1.807, 2.05) is 28.9 Å². The first kappa shape index (κ1) is 17.7. The standard InChI is InChI=1S/C18H26N4O3/c1-12-9-15(19)10-16(20-12)17-11-22(7-8-25-17)18(24)14-3-5-21(6-4-14)13(2)23/h9-10,14,17H,3-8,11H2,1-2H3,(H2,19,20). The third-order valence-corrected chi connectivity index (χ3v) is 4.99. The molecule has 2 saturated heterocycles. The Morgan fingerprint density at radius 2 is 1.92 bits per heavy atom. The van der Waals surface area contributed by atoms with Gasteiger partial charge in [-0.15, -0.1) is 0 Å². The number of hydrogen-bond donors (Lipinski definition) is 1. The van der Waals surface area contributed by atoms with Crippen molar-refractivity contribution in [3.63, 3.8) is 0 Å². The topological polar surface area (TPSA) is 88.8 Å². The van der Waals surface area contributed by atoms with Gasteiger partial charge in [-0.3, -0.25) is 14.6 Å². The van der Waals surface area contributed by atoms with Crippen molar-refractivity contribution in [3.8, 4) is 0 Å². The van der Waals surface area contributed by atoms with Crippen molar-refractivity contribution in [1.82, 2.24) is 14.8 Å². The summed E-state index contributed by atoms with van der Waals surface area (Å²) in [5, 5.41) is 0. The van der Waals surface area contributed by atoms with Gasteiger partial charge in [0.25, 0.3) is 0 Å². The van der Waals surface area contributed by atoms with Crippen LogP contribution in [0.25, 0.3) is 0 Å². The molecule has 0 saturated carbocycles. The molecule has 1 unspecified atom stereocenters. The molecule has 2 N–H and O–H groups in total. The van der Waals surface area contributed by atoms with Gasteiger partial charge in [0, 0.05) is 43.9 Å². The lowest BCUT2D eigenvalue weighted by Crippen LogP contribution is -2.48. The largest absolute Gasteiger partial charge is 0.399 e. The summed E-state index contributed by atoms with van der Waals surface area (Å²) in [5.74, 6) is 0.238. The van der Waals surface area contributed by atoms with Crippen molar-refractivity contribution in [2.45, 2.75) is 32.8 Å². The van der Waals surface area contributed by atoms with Crippen molar-refractivity contribution >= 4 is 17.5 Å². The first-order valence-corrected chi connectivity index (χ1v) is 8.84. The SMILES string of the molecule is CC(=O)N1CCC(C(=O)N2CCOC(c3cc(N)cc(C)n3)C2)CC1. The number of pyridine rings is 1. The number of aromatic nitrogens is 1. The van der Waals surface area contributed by atoms with Gasteiger partial charge in [0.2, 0.25) is 11.8 Å². The van der Waals surface area contributed by atoms with E-state index < -0.39 is 0 Å². The van der Waals surface area contributed by atoms with Gasteiger partial charge in [-0.25, -0.2) is 0 Å². The summed E-state index contributed by atoms with van der Waals surface area (Å²) in [7, 11) is 0. The van der Waals surface area contributed by atoms with Gasteiger partial charge in [0.1, 0.15) is 6.10 Å². The zero-order chi connectivity index (χ0) is 18.0. The first-order valence-electron chi connectivity index (χ1n) is 8.84. The average Bonchev–Trinajstić information content (AvgIpc) is 2.60. The molecule has 3 rings (SSSR count). The summed E-state index contributed by atoms with van der Waals surface area (Å²) >= 11 is 0. The molecule has 0 bridgehead atoms. The number of piperidine rings is 1. The minimum atomic E-state index is -0.239. The Labute approximate surface area is 148 Å². The van der Waals surface area contributed by atoms with Crippen molar-refractivity contribution in [2.75, 3.05) is 38.5 Å². The third-order valence-electron chi connectivity index (χ3n) is 4.99. The second kappa shape index (κ2) is 7.39. The number of nitrogen functional groups attached to an aromatic ring is 1. The van der Waals surface area contributed by atoms with Gasteiger partial charge < -0.3 is 20.3 Å². The van der Waals surface area contributed by atoms with Gasteiger partial charge in [0.05, 0.1) is 18.8 Å². The number of hydrogen-bond acceptors (Lipinski definition) is 5. The molecular weight excluding hydrogens is 320 g/mol. The van der Waals surface area contributed by atoms with Gasteiger partial charge in [-0.2, -0.15) is 0 Å². The van der Waals surface area contributed by atoms with Crippen LogP contribution in [0.5, 0.6) is 0 Å². The van der Waals surface area contributed by atoms with E-state index in [-0.39, 0.29) is 23.8 Å². The molecule has 3 heterocycles. The molecule has 2 fully saturated rings. The molecule has 25 heavy (non-hydrogen) atoms. The van der Waals surface area contributed by atoms with E-state index in [9.17, 15) is 9.59 Å². The molecular formula is C18H26N4O3. The summed E-state index contributed by atoms with van der Waals surface area (Å²) in [5.41, 5.74) is 8.19. The molecule has 0 radical (unpaired) electrons. The summed E-state index contributed by atoms with van der Waals surface area (Å²) in [4.78, 5) is 32.5. The number of aryl methyl sites for hydroxylation is 1. The van der Waals surface area contributed by atoms with Crippen LogP contribution in [-0.2, 0) is 14.3 Å². The normalized spacial score (nSPS) is 22.1. The third kappa shape index (κ3) is 4.10. The number of carbonyl (C=O) groups is 2. The van der Waals surface area contributed by atoms with Crippen LogP contribution in [0.1, 0.15) is 37.3 Å². The second-order valence-corrected chi connectivity index (χ2v) is 6.89. The number of rotatable bonds is 2. The van der Waals surface area contributed by atoms with Gasteiger partial charge in [0.15, 0.2) is 0 Å². The van der Waals surface area contributed by atoms with E-state index in [0.29, 0.717) is 38.5 Å². The summed E-state index contributed by atoms with van der Waals surface area (Å²) < 4.78 is 5.83. The molecule has 136 valence electrons. The van der Waals surface area contributed by atoms with E-state index in [4.69, 9.17) is 10.5 Å². The highest BCUT2D eigenvalue weighted by molar-refractivity contribution is 5.80. The van der Waals surface area contributed by atoms with Crippen LogP contribution in [0.2, 0.25) is 0 Å². The Morgan fingerprint density at radius 3 is 2.56 bits per heavy atom. The summed E-state index contributed by atoms with van der Waals surface area (Å²) in [6.07, 6.45) is 1.23. The number of carbonyl (C=O) groups excluding carboxylic acids is 2. The highest BCUT2D eigenvalue weighted by Crippen LogP contribution is 2.26. The lowest BCUT2D eigenvalue weighted by molar-refractivity contribution is -0.146. The van der Waals surface area contributed by atoms with E-state index in [0.717, 1.165) is 24.2 Å². The number of likely N-dealkylation sites (tertiary alicyclic amines) is 1. The Bertz CT molecular complexity index is 635. The fourth-order valence-electron chi connectivity index (χ4n) is 3.61. The van der Waals surface area contributed by atoms with Gasteiger partial charge >= 0.3 is 0 Å². The lowest BCUT2D eigenvalue weighted by Gasteiger charge is -2.37. The van der Waals surface area contributed by atoms with Crippen LogP contribution in [0.3, 0.4) is 0 Å². The Morgan fingerprint density at radius 1 is 1.20 bits per heavy atom. The zero-order valence-electron chi connectivity index (χ0n) is 14.9. The van der Waals surface area contributed by atoms with Crippen LogP contribution < -0.4 is 5.73 Å². The molecule has 7 nitrogen and oxygen atoms in total. The van der Waals surface area contributed by atoms with E-state index >= 15 is 0 Å². The number of nitrogens with two attached hydrogens (primary N) is 1. The number of nitrogens with zero attached hydrogens (tertiary/aromatic N) is 3. The monoisotopic (exact) mass is 346 g/mol. The van der Waals surface area contributed by atoms with Crippen molar-refractivity contribution < 1.29 is 14.3 Å². The van der Waals surface area contributed by atoms with Crippen LogP contribution in [0.4, 0.5) is 5.69 Å². The maximum atomic E-state index is 12.9. The summed E-state index contributed by atoms with van der Waals surface area (Å²) in [6.45, 7) is 6.40. The predicted molar refractivity (Wildman–Crippen MR) is 93.6 cm³/mol. The number of ether oxygens (including phenoxy) is 1. The molecule has 2 amide bonds. The van der Waals surface area contributed by atoms with Crippen molar-refractivity contribution in [1.29, 1.82) is 0 Å². The molecule has 1 aromatic rings. The Balaban J connectivity index is 1.63. The smallest absolute Gasteiger partial charge is 0.225 e. The zero-order valence-corrected chi connectivity index (χ0v) is 14.9. The Hall–Kier alpha value is -2.15. The minimum absolute atomic E-state index is 0.00936. The lowest BCUT2D eigenvalue weighted by atomic mass is 9.94. The van der Waals surface area contributed by atoms with Gasteiger partial charge in [-0.05, 0) is 31.9 Å². The second-order valence-electron chi connectivity index (χ2n) is 6.89. The number of anilines is 1. The first-order chi connectivity index (χ1) is 11.9. The minimum Gasteiger partial charge on any atom is -0.399 e. The number of amides is 2. The van der Waals surface area contributed by atoms with E-state index in [1.165, 1.54) is 0 Å². The van der Waals surface area contributed by atoms with Crippen LogP contribution >= 0.6 is 0 Å². The maximum Gasteiger partial charge on any atom is 0.225 e. The van der Waals surface area contributed by atoms with Crippen LogP contribution in [-0.4, -0.2) is 59.4 Å². The van der Waals surface area contributed by atoms with E-state index in [2.05, 4.69) is 4.98 Å². The fraction of sp³-hybridized carbons (Fsp3) is 0.611. The predicted octanol–water partition coefficient (Wildman–Crippen LogP) is 1.13. The molecule has 0 aromatic carbocycles. The van der Waals surface area contributed by atoms with Gasteiger partial charge in [-0.1, -0.05) is 0 Å². The summed E-state index contributed by atoms with van der Waals surface area (Å²) in [6, 6.07) is 3.63. The Kier molecular flexibility index (Phi) is 5.22. The van der Waals surface area contributed by atoms with Crippen molar-refractivity contribution in [2.24, 2.45) is 5.92 Å². The highest BCUT2D eigenvalue weighted by atomic mass is 16.5. The fourth-order valence-corrected chi connectivity index (χ4v) is 3.61. The van der Waals surface area contributed by atoms with E-state index in [1.54, 1.807) is 6.92 Å². The molecule has 2 aliphatic heterocycles. The molecule has 1 atom stereocenters. The average molecular weight is 346 g/mol. The van der Waals surface area contributed by atoms with Crippen LogP contribution in [0, 0.1) is 12.8 Å². The molecule has 7 heteroatoms. The number of morpholine rings is 1. The highest BCUT2D eigenvalue weighted by Gasteiger charge is 2.33. The van der Waals surface area contributed by atoms with Crippen molar-refractivity contribution in [3.05, 3.63) is 23.5 Å². The molecule has 0 spiro atoms. The molecule has 2 aliphatic rings. The quantitative estimate of drug-likeness (QED) is 0.867.